The van der Waals surface area contributed by atoms with Crippen LogP contribution in [0.2, 0.25) is 0 Å². The molecule has 0 saturated heterocycles. The average molecular weight is 233 g/mol. The molecule has 0 amide bonds. The highest BCUT2D eigenvalue weighted by molar-refractivity contribution is 5.25. The Morgan fingerprint density at radius 2 is 1.59 bits per heavy atom. The molecule has 2 unspecified atom stereocenters. The van der Waals surface area contributed by atoms with Gasteiger partial charge in [0.1, 0.15) is 0 Å². The highest BCUT2D eigenvalue weighted by Gasteiger charge is 2.14. The summed E-state index contributed by atoms with van der Waals surface area (Å²) in [6.07, 6.45) is 2.26. The van der Waals surface area contributed by atoms with Gasteiger partial charge in [0.25, 0.3) is 0 Å². The van der Waals surface area contributed by atoms with Crippen molar-refractivity contribution in [2.45, 2.75) is 59.5 Å². The summed E-state index contributed by atoms with van der Waals surface area (Å²) in [5.74, 6) is 0.680. The van der Waals surface area contributed by atoms with Gasteiger partial charge in [-0.1, -0.05) is 52.0 Å². The van der Waals surface area contributed by atoms with Crippen molar-refractivity contribution in [2.75, 3.05) is 0 Å². The SMILES string of the molecule is CCc1ccc(C(CC)NC(C)C(C)C)cc1. The van der Waals surface area contributed by atoms with Crippen LogP contribution in [0.3, 0.4) is 0 Å². The van der Waals surface area contributed by atoms with Crippen LogP contribution in [0.1, 0.15) is 58.2 Å². The molecule has 17 heavy (non-hydrogen) atoms. The van der Waals surface area contributed by atoms with Crippen LogP contribution in [-0.4, -0.2) is 6.04 Å². The van der Waals surface area contributed by atoms with Crippen LogP contribution in [0.25, 0.3) is 0 Å². The van der Waals surface area contributed by atoms with Crippen LogP contribution in [-0.2, 0) is 6.42 Å². The van der Waals surface area contributed by atoms with E-state index >= 15 is 0 Å². The molecule has 0 spiro atoms. The Labute approximate surface area is 107 Å². The molecule has 0 heterocycles. The molecule has 0 aliphatic rings. The summed E-state index contributed by atoms with van der Waals surface area (Å²) in [6, 6.07) is 10.1. The maximum Gasteiger partial charge on any atom is 0.0320 e. The van der Waals surface area contributed by atoms with Gasteiger partial charge in [0.2, 0.25) is 0 Å². The third-order valence-electron chi connectivity index (χ3n) is 3.66. The Bertz CT molecular complexity index is 313. The maximum absolute atomic E-state index is 3.72. The van der Waals surface area contributed by atoms with Crippen molar-refractivity contribution in [1.82, 2.24) is 5.32 Å². The lowest BCUT2D eigenvalue weighted by molar-refractivity contribution is 0.370. The minimum absolute atomic E-state index is 0.485. The summed E-state index contributed by atoms with van der Waals surface area (Å²) in [5, 5.41) is 3.72. The summed E-state index contributed by atoms with van der Waals surface area (Å²) in [6.45, 7) is 11.3. The normalized spacial score (nSPS) is 14.9. The third-order valence-corrected chi connectivity index (χ3v) is 3.66. The molecule has 1 aromatic carbocycles. The van der Waals surface area contributed by atoms with Gasteiger partial charge in [0, 0.05) is 12.1 Å². The Morgan fingerprint density at radius 1 is 1.00 bits per heavy atom. The lowest BCUT2D eigenvalue weighted by Crippen LogP contribution is -2.34. The fraction of sp³-hybridized carbons (Fsp3) is 0.625. The number of hydrogen-bond acceptors (Lipinski definition) is 1. The second-order valence-electron chi connectivity index (χ2n) is 5.26. The van der Waals surface area contributed by atoms with Crippen LogP contribution in [0.5, 0.6) is 0 Å². The number of benzene rings is 1. The molecule has 1 rings (SSSR count). The summed E-state index contributed by atoms with van der Waals surface area (Å²) in [5.41, 5.74) is 2.83. The van der Waals surface area contributed by atoms with Crippen molar-refractivity contribution in [1.29, 1.82) is 0 Å². The lowest BCUT2D eigenvalue weighted by atomic mass is 9.99. The zero-order valence-electron chi connectivity index (χ0n) is 12.0. The summed E-state index contributed by atoms with van der Waals surface area (Å²) < 4.78 is 0. The molecule has 0 radical (unpaired) electrons. The smallest absolute Gasteiger partial charge is 0.0320 e. The lowest BCUT2D eigenvalue weighted by Gasteiger charge is -2.25. The van der Waals surface area contributed by atoms with E-state index in [2.05, 4.69) is 64.2 Å². The van der Waals surface area contributed by atoms with Gasteiger partial charge < -0.3 is 5.32 Å². The molecule has 1 heteroatoms. The van der Waals surface area contributed by atoms with E-state index in [1.807, 2.05) is 0 Å². The first-order valence-electron chi connectivity index (χ1n) is 6.93. The Kier molecular flexibility index (Phi) is 5.70. The van der Waals surface area contributed by atoms with Gasteiger partial charge in [-0.05, 0) is 36.8 Å². The van der Waals surface area contributed by atoms with Crippen molar-refractivity contribution in [2.24, 2.45) is 5.92 Å². The molecule has 0 aliphatic carbocycles. The van der Waals surface area contributed by atoms with Gasteiger partial charge in [-0.25, -0.2) is 0 Å². The third kappa shape index (κ3) is 4.16. The topological polar surface area (TPSA) is 12.0 Å². The fourth-order valence-corrected chi connectivity index (χ4v) is 1.95. The molecule has 0 fully saturated rings. The molecule has 0 saturated carbocycles. The van der Waals surface area contributed by atoms with Gasteiger partial charge in [0.05, 0.1) is 0 Å². The van der Waals surface area contributed by atoms with Crippen LogP contribution in [0.15, 0.2) is 24.3 Å². The first-order valence-corrected chi connectivity index (χ1v) is 6.93. The predicted octanol–water partition coefficient (Wildman–Crippen LogP) is 4.33. The van der Waals surface area contributed by atoms with Gasteiger partial charge >= 0.3 is 0 Å². The molecule has 0 aliphatic heterocycles. The zero-order chi connectivity index (χ0) is 12.8. The minimum Gasteiger partial charge on any atom is -0.307 e. The summed E-state index contributed by atoms with van der Waals surface area (Å²) >= 11 is 0. The molecule has 2 atom stereocenters. The second kappa shape index (κ2) is 6.80. The average Bonchev–Trinajstić information content (AvgIpc) is 2.35. The molecule has 96 valence electrons. The summed E-state index contributed by atoms with van der Waals surface area (Å²) in [4.78, 5) is 0. The molecule has 0 bridgehead atoms. The van der Waals surface area contributed by atoms with Crippen LogP contribution >= 0.6 is 0 Å². The molecule has 1 N–H and O–H groups in total. The van der Waals surface area contributed by atoms with E-state index in [0.29, 0.717) is 18.0 Å². The van der Waals surface area contributed by atoms with E-state index in [-0.39, 0.29) is 0 Å². The van der Waals surface area contributed by atoms with Crippen LogP contribution < -0.4 is 5.32 Å². The number of nitrogens with one attached hydrogen (secondary N) is 1. The maximum atomic E-state index is 3.72. The van der Waals surface area contributed by atoms with Crippen LogP contribution in [0.4, 0.5) is 0 Å². The summed E-state index contributed by atoms with van der Waals surface area (Å²) in [7, 11) is 0. The second-order valence-corrected chi connectivity index (χ2v) is 5.26. The Balaban J connectivity index is 2.72. The first-order chi connectivity index (χ1) is 8.08. The number of hydrogen-bond donors (Lipinski definition) is 1. The molecular weight excluding hydrogens is 206 g/mol. The fourth-order valence-electron chi connectivity index (χ4n) is 1.95. The molecular formula is C16H27N. The van der Waals surface area contributed by atoms with Gasteiger partial charge in [-0.2, -0.15) is 0 Å². The Hall–Kier alpha value is -0.820. The Morgan fingerprint density at radius 3 is 2.00 bits per heavy atom. The molecule has 1 aromatic rings. The van der Waals surface area contributed by atoms with Crippen molar-refractivity contribution < 1.29 is 0 Å². The largest absolute Gasteiger partial charge is 0.307 e. The van der Waals surface area contributed by atoms with Gasteiger partial charge in [-0.3, -0.25) is 0 Å². The standard InChI is InChI=1S/C16H27N/c1-6-14-8-10-15(11-9-14)16(7-2)17-13(5)12(3)4/h8-13,16-17H,6-7H2,1-5H3. The van der Waals surface area contributed by atoms with Crippen molar-refractivity contribution in [3.05, 3.63) is 35.4 Å². The van der Waals surface area contributed by atoms with Crippen molar-refractivity contribution >= 4 is 0 Å². The highest BCUT2D eigenvalue weighted by atomic mass is 14.9. The highest BCUT2D eigenvalue weighted by Crippen LogP contribution is 2.19. The van der Waals surface area contributed by atoms with E-state index < -0.39 is 0 Å². The number of aryl methyl sites for hydroxylation is 1. The van der Waals surface area contributed by atoms with E-state index in [1.54, 1.807) is 0 Å². The van der Waals surface area contributed by atoms with Crippen molar-refractivity contribution in [3.63, 3.8) is 0 Å². The zero-order valence-corrected chi connectivity index (χ0v) is 12.0. The van der Waals surface area contributed by atoms with Crippen LogP contribution in [0, 0.1) is 5.92 Å². The van der Waals surface area contributed by atoms with Gasteiger partial charge in [-0.15, -0.1) is 0 Å². The molecule has 1 nitrogen and oxygen atoms in total. The van der Waals surface area contributed by atoms with Crippen molar-refractivity contribution in [3.8, 4) is 0 Å². The van der Waals surface area contributed by atoms with Gasteiger partial charge in [0.15, 0.2) is 0 Å². The van der Waals surface area contributed by atoms with E-state index in [0.717, 1.165) is 12.8 Å². The predicted molar refractivity (Wildman–Crippen MR) is 76.3 cm³/mol. The van der Waals surface area contributed by atoms with E-state index in [1.165, 1.54) is 11.1 Å². The monoisotopic (exact) mass is 233 g/mol. The quantitative estimate of drug-likeness (QED) is 0.771. The number of rotatable bonds is 6. The molecule has 0 aromatic heterocycles. The van der Waals surface area contributed by atoms with E-state index in [4.69, 9.17) is 0 Å². The van der Waals surface area contributed by atoms with E-state index in [9.17, 15) is 0 Å². The first kappa shape index (κ1) is 14.2. The minimum atomic E-state index is 0.485.